The summed E-state index contributed by atoms with van der Waals surface area (Å²) in [6, 6.07) is 0. The van der Waals surface area contributed by atoms with Crippen LogP contribution in [0.15, 0.2) is 0 Å². The lowest BCUT2D eigenvalue weighted by atomic mass is 9.57. The Balaban J connectivity index is 2.08. The normalized spacial score (nSPS) is 21.9. The summed E-state index contributed by atoms with van der Waals surface area (Å²) in [6.07, 6.45) is 8.63. The lowest BCUT2D eigenvalue weighted by Gasteiger charge is -2.19. The Morgan fingerprint density at radius 3 is 2.44 bits per heavy atom. The molecule has 0 unspecified atom stereocenters. The maximum atomic E-state index is 2.49. The fraction of sp³-hybridized carbons (Fsp3) is 1.00. The Morgan fingerprint density at radius 2 is 1.89 bits per heavy atom. The summed E-state index contributed by atoms with van der Waals surface area (Å²) in [5, 5.41) is 0. The number of hydrogen-bond acceptors (Lipinski definition) is 0. The van der Waals surface area contributed by atoms with Gasteiger partial charge in [-0.25, -0.2) is 0 Å². The second-order valence-corrected chi connectivity index (χ2v) is 3.04. The first-order valence-electron chi connectivity index (χ1n) is 4.27. The SMILES string of the molecule is CC[B]C1CCCCC1. The van der Waals surface area contributed by atoms with E-state index in [-0.39, 0.29) is 0 Å². The van der Waals surface area contributed by atoms with Crippen LogP contribution in [0, 0.1) is 0 Å². The van der Waals surface area contributed by atoms with Gasteiger partial charge in [-0.1, -0.05) is 51.2 Å². The fourth-order valence-corrected chi connectivity index (χ4v) is 1.70. The quantitative estimate of drug-likeness (QED) is 0.495. The van der Waals surface area contributed by atoms with Crippen LogP contribution < -0.4 is 0 Å². The van der Waals surface area contributed by atoms with Crippen molar-refractivity contribution in [1.29, 1.82) is 0 Å². The van der Waals surface area contributed by atoms with Gasteiger partial charge in [0.05, 0.1) is 0 Å². The Hall–Kier alpha value is 0.0649. The van der Waals surface area contributed by atoms with Crippen LogP contribution in [0.1, 0.15) is 39.0 Å². The molecular formula is C8H16B. The summed E-state index contributed by atoms with van der Waals surface area (Å²) in [4.78, 5) is 0. The summed E-state index contributed by atoms with van der Waals surface area (Å²) < 4.78 is 0. The van der Waals surface area contributed by atoms with Crippen molar-refractivity contribution in [3.05, 3.63) is 0 Å². The molecule has 0 aromatic rings. The van der Waals surface area contributed by atoms with Crippen LogP contribution in [-0.4, -0.2) is 7.28 Å². The molecule has 0 amide bonds. The van der Waals surface area contributed by atoms with Gasteiger partial charge in [0.1, 0.15) is 7.28 Å². The highest BCUT2D eigenvalue weighted by Gasteiger charge is 2.11. The molecule has 1 aliphatic carbocycles. The van der Waals surface area contributed by atoms with Crippen molar-refractivity contribution in [2.45, 2.75) is 51.2 Å². The maximum Gasteiger partial charge on any atom is 0.113 e. The largest absolute Gasteiger partial charge is 0.113 e. The number of rotatable bonds is 2. The van der Waals surface area contributed by atoms with Crippen molar-refractivity contribution >= 4 is 7.28 Å². The van der Waals surface area contributed by atoms with Crippen molar-refractivity contribution in [2.24, 2.45) is 0 Å². The van der Waals surface area contributed by atoms with Crippen molar-refractivity contribution in [3.8, 4) is 0 Å². The molecule has 0 N–H and O–H groups in total. The Bertz CT molecular complexity index is 62.2. The topological polar surface area (TPSA) is 0 Å². The van der Waals surface area contributed by atoms with Crippen LogP contribution in [-0.2, 0) is 0 Å². The third kappa shape index (κ3) is 2.42. The van der Waals surface area contributed by atoms with Gasteiger partial charge in [0.2, 0.25) is 0 Å². The average Bonchev–Trinajstić information content (AvgIpc) is 1.91. The predicted molar refractivity (Wildman–Crippen MR) is 43.1 cm³/mol. The van der Waals surface area contributed by atoms with E-state index < -0.39 is 0 Å². The zero-order valence-corrected chi connectivity index (χ0v) is 6.40. The van der Waals surface area contributed by atoms with Gasteiger partial charge in [-0.15, -0.1) is 0 Å². The molecule has 0 atom stereocenters. The molecule has 0 aromatic heterocycles. The predicted octanol–water partition coefficient (Wildman–Crippen LogP) is 2.88. The molecule has 0 saturated heterocycles. The maximum absolute atomic E-state index is 2.49. The van der Waals surface area contributed by atoms with Crippen LogP contribution in [0.5, 0.6) is 0 Å². The first kappa shape index (κ1) is 7.18. The van der Waals surface area contributed by atoms with E-state index in [4.69, 9.17) is 0 Å². The van der Waals surface area contributed by atoms with Crippen molar-refractivity contribution in [1.82, 2.24) is 0 Å². The van der Waals surface area contributed by atoms with Gasteiger partial charge in [0.15, 0.2) is 0 Å². The van der Waals surface area contributed by atoms with Crippen molar-refractivity contribution in [3.63, 3.8) is 0 Å². The van der Waals surface area contributed by atoms with E-state index in [9.17, 15) is 0 Å². The molecule has 1 rings (SSSR count). The van der Waals surface area contributed by atoms with Crippen LogP contribution in [0.25, 0.3) is 0 Å². The molecule has 0 nitrogen and oxygen atoms in total. The minimum Gasteiger partial charge on any atom is -0.0827 e. The minimum atomic E-state index is 0.976. The first-order chi connectivity index (χ1) is 4.43. The Labute approximate surface area is 59.3 Å². The summed E-state index contributed by atoms with van der Waals surface area (Å²) >= 11 is 0. The molecule has 1 saturated carbocycles. The zero-order chi connectivity index (χ0) is 6.53. The smallest absolute Gasteiger partial charge is 0.0827 e. The van der Waals surface area contributed by atoms with Gasteiger partial charge in [-0.3, -0.25) is 0 Å². The van der Waals surface area contributed by atoms with Gasteiger partial charge >= 0.3 is 0 Å². The third-order valence-corrected chi connectivity index (χ3v) is 2.22. The van der Waals surface area contributed by atoms with Crippen molar-refractivity contribution < 1.29 is 0 Å². The molecule has 1 fully saturated rings. The zero-order valence-electron chi connectivity index (χ0n) is 6.40. The molecule has 0 heterocycles. The van der Waals surface area contributed by atoms with Crippen LogP contribution in [0.2, 0.25) is 12.1 Å². The lowest BCUT2D eigenvalue weighted by molar-refractivity contribution is 0.500. The summed E-state index contributed by atoms with van der Waals surface area (Å²) in [5.74, 6) is 0.976. The highest BCUT2D eigenvalue weighted by atomic mass is 14.1. The highest BCUT2D eigenvalue weighted by molar-refractivity contribution is 6.37. The minimum absolute atomic E-state index is 0.976. The Kier molecular flexibility index (Phi) is 3.17. The fourth-order valence-electron chi connectivity index (χ4n) is 1.70. The molecule has 51 valence electrons. The molecule has 0 bridgehead atoms. The molecule has 0 aromatic carbocycles. The van der Waals surface area contributed by atoms with Gasteiger partial charge in [0, 0.05) is 0 Å². The molecule has 1 aliphatic rings. The number of hydrogen-bond donors (Lipinski definition) is 0. The van der Waals surface area contributed by atoms with Gasteiger partial charge in [0.25, 0.3) is 0 Å². The van der Waals surface area contributed by atoms with Crippen LogP contribution in [0.3, 0.4) is 0 Å². The molecule has 1 radical (unpaired) electrons. The summed E-state index contributed by atoms with van der Waals surface area (Å²) in [7, 11) is 2.49. The Morgan fingerprint density at radius 1 is 1.22 bits per heavy atom. The molecule has 1 heteroatoms. The first-order valence-corrected chi connectivity index (χ1v) is 4.27. The van der Waals surface area contributed by atoms with E-state index in [0.29, 0.717) is 0 Å². The second kappa shape index (κ2) is 3.97. The van der Waals surface area contributed by atoms with E-state index in [0.717, 1.165) is 5.82 Å². The van der Waals surface area contributed by atoms with Crippen molar-refractivity contribution in [2.75, 3.05) is 0 Å². The van der Waals surface area contributed by atoms with E-state index in [1.54, 1.807) is 0 Å². The molecule has 0 spiro atoms. The highest BCUT2D eigenvalue weighted by Crippen LogP contribution is 2.27. The van der Waals surface area contributed by atoms with Gasteiger partial charge in [-0.2, -0.15) is 0 Å². The van der Waals surface area contributed by atoms with E-state index in [2.05, 4.69) is 14.2 Å². The monoisotopic (exact) mass is 123 g/mol. The van der Waals surface area contributed by atoms with Crippen LogP contribution >= 0.6 is 0 Å². The van der Waals surface area contributed by atoms with Crippen LogP contribution in [0.4, 0.5) is 0 Å². The second-order valence-electron chi connectivity index (χ2n) is 3.04. The van der Waals surface area contributed by atoms with E-state index >= 15 is 0 Å². The third-order valence-electron chi connectivity index (χ3n) is 2.22. The molecular weight excluding hydrogens is 107 g/mol. The van der Waals surface area contributed by atoms with E-state index in [1.807, 2.05) is 0 Å². The van der Waals surface area contributed by atoms with E-state index in [1.165, 1.54) is 38.4 Å². The van der Waals surface area contributed by atoms with Gasteiger partial charge < -0.3 is 0 Å². The lowest BCUT2D eigenvalue weighted by Crippen LogP contribution is -2.06. The standard InChI is InChI=1S/C8H16B/c1-2-9-8-6-4-3-5-7-8/h8H,2-7H2,1H3. The summed E-state index contributed by atoms with van der Waals surface area (Å²) in [5.41, 5.74) is 0. The molecule has 0 aliphatic heterocycles. The summed E-state index contributed by atoms with van der Waals surface area (Å²) in [6.45, 7) is 2.24. The molecule has 9 heavy (non-hydrogen) atoms. The van der Waals surface area contributed by atoms with Gasteiger partial charge in [-0.05, 0) is 0 Å². The average molecular weight is 123 g/mol.